The maximum Gasteiger partial charge on any atom is 0.203 e. The van der Waals surface area contributed by atoms with Crippen LogP contribution < -0.4 is 0 Å². The molecule has 0 N–H and O–H groups in total. The molecule has 82 valence electrons. The molecule has 1 aliphatic heterocycles. The molecule has 0 aliphatic carbocycles. The number of unbranched alkanes of at least 4 members (excludes halogenated alkanes) is 2. The second-order valence-corrected chi connectivity index (χ2v) is 6.76. The van der Waals surface area contributed by atoms with Crippen molar-refractivity contribution in [2.45, 2.75) is 58.4 Å². The van der Waals surface area contributed by atoms with Crippen molar-refractivity contribution in [1.29, 1.82) is 0 Å². The van der Waals surface area contributed by atoms with E-state index in [2.05, 4.69) is 19.9 Å². The average Bonchev–Trinajstić information content (AvgIpc) is 2.26. The van der Waals surface area contributed by atoms with Crippen LogP contribution in [0.15, 0.2) is 11.3 Å². The quantitative estimate of drug-likeness (QED) is 0.500. The van der Waals surface area contributed by atoms with Gasteiger partial charge < -0.3 is 4.43 Å². The lowest BCUT2D eigenvalue weighted by Crippen LogP contribution is -2.25. The van der Waals surface area contributed by atoms with Crippen molar-refractivity contribution in [3.8, 4) is 0 Å². The van der Waals surface area contributed by atoms with Crippen LogP contribution in [0.2, 0.25) is 6.04 Å². The summed E-state index contributed by atoms with van der Waals surface area (Å²) < 4.78 is 5.93. The molecule has 0 bridgehead atoms. The third kappa shape index (κ3) is 3.97. The summed E-state index contributed by atoms with van der Waals surface area (Å²) in [6, 6.07) is 1.38. The van der Waals surface area contributed by atoms with Crippen molar-refractivity contribution < 1.29 is 4.43 Å². The molecule has 14 heavy (non-hydrogen) atoms. The predicted octanol–water partition coefficient (Wildman–Crippen LogP) is 3.59. The maximum atomic E-state index is 5.93. The molecule has 1 unspecified atom stereocenters. The molecule has 0 radical (unpaired) electrons. The van der Waals surface area contributed by atoms with Crippen molar-refractivity contribution in [1.82, 2.24) is 0 Å². The van der Waals surface area contributed by atoms with Gasteiger partial charge in [0, 0.05) is 6.61 Å². The Bertz CT molecular complexity index is 171. The molecule has 0 saturated carbocycles. The van der Waals surface area contributed by atoms with Crippen molar-refractivity contribution >= 4 is 9.04 Å². The van der Waals surface area contributed by atoms with Crippen LogP contribution >= 0.6 is 0 Å². The number of allylic oxidation sites excluding steroid dienone is 2. The van der Waals surface area contributed by atoms with Crippen LogP contribution in [-0.2, 0) is 4.43 Å². The van der Waals surface area contributed by atoms with E-state index in [0.717, 1.165) is 6.61 Å². The van der Waals surface area contributed by atoms with Gasteiger partial charge in [0.05, 0.1) is 0 Å². The van der Waals surface area contributed by atoms with Crippen LogP contribution in [0.3, 0.4) is 0 Å². The third-order valence-corrected chi connectivity index (χ3v) is 6.01. The summed E-state index contributed by atoms with van der Waals surface area (Å²) in [7, 11) is -0.923. The van der Waals surface area contributed by atoms with Crippen molar-refractivity contribution in [2.24, 2.45) is 0 Å². The second-order valence-electron chi connectivity index (χ2n) is 4.13. The first-order chi connectivity index (χ1) is 6.88. The lowest BCUT2D eigenvalue weighted by atomic mass is 10.2. The average molecular weight is 212 g/mol. The van der Waals surface area contributed by atoms with Crippen LogP contribution in [0, 0.1) is 0 Å². The molecule has 1 fully saturated rings. The smallest absolute Gasteiger partial charge is 0.203 e. The summed E-state index contributed by atoms with van der Waals surface area (Å²) in [5.41, 5.74) is 0. The Labute approximate surface area is 90.3 Å². The number of hydrogen-bond acceptors (Lipinski definition) is 1. The first-order valence-corrected chi connectivity index (χ1v) is 8.05. The van der Waals surface area contributed by atoms with Gasteiger partial charge in [-0.1, -0.05) is 44.4 Å². The zero-order chi connectivity index (χ0) is 10.2. The molecular formula is C12H24OSi. The van der Waals surface area contributed by atoms with Crippen LogP contribution in [0.1, 0.15) is 52.4 Å². The SMILES string of the molecule is CCCC/C=C(\CC)[SiH]1CCCCO1. The van der Waals surface area contributed by atoms with E-state index in [1.165, 1.54) is 44.6 Å². The summed E-state index contributed by atoms with van der Waals surface area (Å²) in [6.45, 7) is 5.57. The van der Waals surface area contributed by atoms with E-state index >= 15 is 0 Å². The third-order valence-electron chi connectivity index (χ3n) is 2.97. The highest BCUT2D eigenvalue weighted by molar-refractivity contribution is 6.60. The van der Waals surface area contributed by atoms with Gasteiger partial charge >= 0.3 is 0 Å². The molecule has 0 aromatic carbocycles. The molecule has 1 heterocycles. The van der Waals surface area contributed by atoms with Gasteiger partial charge in [-0.25, -0.2) is 0 Å². The van der Waals surface area contributed by atoms with Gasteiger partial charge in [-0.3, -0.25) is 0 Å². The molecule has 1 nitrogen and oxygen atoms in total. The molecule has 1 aliphatic rings. The van der Waals surface area contributed by atoms with Crippen molar-refractivity contribution in [3.63, 3.8) is 0 Å². The van der Waals surface area contributed by atoms with Crippen molar-refractivity contribution in [3.05, 3.63) is 11.3 Å². The minimum absolute atomic E-state index is 0.923. The van der Waals surface area contributed by atoms with Gasteiger partial charge in [0.25, 0.3) is 0 Å². The van der Waals surface area contributed by atoms with Gasteiger partial charge in [-0.15, -0.1) is 0 Å². The Morgan fingerprint density at radius 1 is 1.36 bits per heavy atom. The minimum Gasteiger partial charge on any atom is -0.416 e. The molecule has 1 atom stereocenters. The Morgan fingerprint density at radius 2 is 2.21 bits per heavy atom. The predicted molar refractivity (Wildman–Crippen MR) is 65.0 cm³/mol. The van der Waals surface area contributed by atoms with E-state index in [4.69, 9.17) is 4.43 Å². The molecule has 0 amide bonds. The first-order valence-electron chi connectivity index (χ1n) is 6.19. The van der Waals surface area contributed by atoms with Gasteiger partial charge in [-0.2, -0.15) is 0 Å². The molecule has 0 aromatic rings. The van der Waals surface area contributed by atoms with Gasteiger partial charge in [0.1, 0.15) is 0 Å². The Kier molecular flexibility index (Phi) is 6.20. The summed E-state index contributed by atoms with van der Waals surface area (Å²) in [5.74, 6) is 0. The molecule has 0 spiro atoms. The molecule has 1 rings (SSSR count). The Balaban J connectivity index is 2.38. The fraction of sp³-hybridized carbons (Fsp3) is 0.833. The van der Waals surface area contributed by atoms with Crippen molar-refractivity contribution in [2.75, 3.05) is 6.61 Å². The van der Waals surface area contributed by atoms with E-state index in [1.807, 2.05) is 0 Å². The zero-order valence-corrected chi connectivity index (χ0v) is 10.9. The normalized spacial score (nSPS) is 23.9. The van der Waals surface area contributed by atoms with E-state index in [-0.39, 0.29) is 0 Å². The standard InChI is InChI=1S/C12H24OSi/c1-3-5-6-9-12(4-2)14-11-8-7-10-13-14/h9,14H,3-8,10-11H2,1-2H3/b12-9+. The van der Waals surface area contributed by atoms with E-state index < -0.39 is 9.04 Å². The molecule has 1 saturated heterocycles. The second kappa shape index (κ2) is 7.24. The van der Waals surface area contributed by atoms with Crippen LogP contribution in [0.5, 0.6) is 0 Å². The summed E-state index contributed by atoms with van der Waals surface area (Å²) in [6.07, 6.45) is 10.3. The van der Waals surface area contributed by atoms with Gasteiger partial charge in [-0.05, 0) is 25.3 Å². The lowest BCUT2D eigenvalue weighted by molar-refractivity contribution is 0.291. The monoisotopic (exact) mass is 212 g/mol. The first kappa shape index (κ1) is 12.0. The van der Waals surface area contributed by atoms with Gasteiger partial charge in [0.2, 0.25) is 9.04 Å². The van der Waals surface area contributed by atoms with E-state index in [9.17, 15) is 0 Å². The molecular weight excluding hydrogens is 188 g/mol. The Morgan fingerprint density at radius 3 is 2.79 bits per heavy atom. The van der Waals surface area contributed by atoms with Crippen LogP contribution in [0.4, 0.5) is 0 Å². The van der Waals surface area contributed by atoms with Crippen LogP contribution in [-0.4, -0.2) is 15.6 Å². The fourth-order valence-electron chi connectivity index (χ4n) is 2.03. The fourth-order valence-corrected chi connectivity index (χ4v) is 4.78. The Hall–Kier alpha value is -0.0831. The van der Waals surface area contributed by atoms with Crippen LogP contribution in [0.25, 0.3) is 0 Å². The maximum absolute atomic E-state index is 5.93. The number of hydrogen-bond donors (Lipinski definition) is 0. The van der Waals surface area contributed by atoms with E-state index in [0.29, 0.717) is 0 Å². The highest BCUT2D eigenvalue weighted by atomic mass is 28.3. The summed E-state index contributed by atoms with van der Waals surface area (Å²) in [4.78, 5) is 0. The summed E-state index contributed by atoms with van der Waals surface area (Å²) >= 11 is 0. The molecule has 0 aromatic heterocycles. The highest BCUT2D eigenvalue weighted by Gasteiger charge is 2.18. The summed E-state index contributed by atoms with van der Waals surface area (Å²) in [5, 5.41) is 1.68. The van der Waals surface area contributed by atoms with Gasteiger partial charge in [0.15, 0.2) is 0 Å². The minimum atomic E-state index is -0.923. The zero-order valence-electron chi connectivity index (χ0n) is 9.72. The molecule has 2 heteroatoms. The number of rotatable bonds is 5. The topological polar surface area (TPSA) is 9.23 Å². The highest BCUT2D eigenvalue weighted by Crippen LogP contribution is 2.20. The lowest BCUT2D eigenvalue weighted by Gasteiger charge is -2.23. The van der Waals surface area contributed by atoms with E-state index in [1.54, 1.807) is 5.20 Å². The largest absolute Gasteiger partial charge is 0.416 e.